The number of ether oxygens (including phenoxy) is 1. The van der Waals surface area contributed by atoms with E-state index in [1.54, 1.807) is 13.0 Å². The van der Waals surface area contributed by atoms with E-state index in [0.29, 0.717) is 20.6 Å². The van der Waals surface area contributed by atoms with Gasteiger partial charge in [0.1, 0.15) is 10.8 Å². The van der Waals surface area contributed by atoms with Crippen LogP contribution < -0.4 is 9.64 Å². The molecule has 9 nitrogen and oxygen atoms in total. The van der Waals surface area contributed by atoms with Crippen LogP contribution in [-0.2, 0) is 9.59 Å². The van der Waals surface area contributed by atoms with Crippen molar-refractivity contribution in [1.29, 1.82) is 0 Å². The van der Waals surface area contributed by atoms with Crippen molar-refractivity contribution in [3.8, 4) is 11.5 Å². The number of carbonyl (C=O) groups is 2. The van der Waals surface area contributed by atoms with E-state index in [0.717, 1.165) is 11.3 Å². The van der Waals surface area contributed by atoms with Crippen LogP contribution in [0.4, 0.5) is 5.13 Å². The summed E-state index contributed by atoms with van der Waals surface area (Å²) < 4.78 is 5.52. The average Bonchev–Trinajstić information content (AvgIpc) is 3.31. The third kappa shape index (κ3) is 3.55. The van der Waals surface area contributed by atoms with Gasteiger partial charge in [0.25, 0.3) is 5.78 Å². The van der Waals surface area contributed by atoms with Crippen molar-refractivity contribution in [2.75, 3.05) is 12.0 Å². The molecule has 0 radical (unpaired) electrons. The van der Waals surface area contributed by atoms with Crippen LogP contribution >= 0.6 is 27.3 Å². The Morgan fingerprint density at radius 1 is 1.23 bits per heavy atom. The maximum absolute atomic E-state index is 13.0. The average molecular weight is 503 g/mol. The van der Waals surface area contributed by atoms with Gasteiger partial charge in [0, 0.05) is 18.0 Å². The first-order valence-corrected chi connectivity index (χ1v) is 10.5. The molecule has 1 saturated heterocycles. The van der Waals surface area contributed by atoms with Crippen LogP contribution in [0.5, 0.6) is 11.5 Å². The van der Waals surface area contributed by atoms with E-state index in [2.05, 4.69) is 31.1 Å². The third-order valence-corrected chi connectivity index (χ3v) is 6.15. The number of phenols is 1. The van der Waals surface area contributed by atoms with Crippen molar-refractivity contribution < 1.29 is 24.5 Å². The molecule has 2 aromatic heterocycles. The molecule has 3 heterocycles. The molecule has 31 heavy (non-hydrogen) atoms. The smallest absolute Gasteiger partial charge is 0.301 e. The van der Waals surface area contributed by atoms with Crippen LogP contribution in [0.1, 0.15) is 22.2 Å². The van der Waals surface area contributed by atoms with Crippen molar-refractivity contribution in [2.24, 2.45) is 0 Å². The quantitative estimate of drug-likeness (QED) is 0.316. The number of halogens is 1. The number of aliphatic hydroxyl groups excluding tert-OH is 1. The molecule has 1 aromatic carbocycles. The molecule has 1 amide bonds. The summed E-state index contributed by atoms with van der Waals surface area (Å²) in [4.78, 5) is 31.2. The van der Waals surface area contributed by atoms with Crippen molar-refractivity contribution in [2.45, 2.75) is 13.0 Å². The van der Waals surface area contributed by atoms with Gasteiger partial charge in [0.15, 0.2) is 11.5 Å². The Morgan fingerprint density at radius 2 is 1.94 bits per heavy atom. The van der Waals surface area contributed by atoms with Gasteiger partial charge in [-0.1, -0.05) is 11.3 Å². The van der Waals surface area contributed by atoms with Gasteiger partial charge in [-0.05, 0) is 52.7 Å². The first kappa shape index (κ1) is 20.9. The highest BCUT2D eigenvalue weighted by molar-refractivity contribution is 9.10. The monoisotopic (exact) mass is 502 g/mol. The van der Waals surface area contributed by atoms with Crippen LogP contribution in [-0.4, -0.2) is 44.2 Å². The van der Waals surface area contributed by atoms with Crippen molar-refractivity contribution in [3.05, 3.63) is 62.8 Å². The highest BCUT2D eigenvalue weighted by Crippen LogP contribution is 2.46. The summed E-state index contributed by atoms with van der Waals surface area (Å²) in [5, 5.41) is 30.0. The molecule has 1 atom stereocenters. The number of aromatic hydroxyl groups is 1. The maximum atomic E-state index is 13.0. The molecule has 1 aliphatic heterocycles. The van der Waals surface area contributed by atoms with E-state index in [9.17, 15) is 19.8 Å². The Kier molecular flexibility index (Phi) is 5.46. The van der Waals surface area contributed by atoms with Crippen LogP contribution in [0.15, 0.2) is 46.7 Å². The van der Waals surface area contributed by atoms with Gasteiger partial charge >= 0.3 is 5.91 Å². The van der Waals surface area contributed by atoms with Gasteiger partial charge in [-0.2, -0.15) is 0 Å². The fourth-order valence-corrected chi connectivity index (χ4v) is 4.48. The number of amides is 1. The number of aryl methyl sites for hydroxylation is 1. The summed E-state index contributed by atoms with van der Waals surface area (Å²) in [6.45, 7) is 1.73. The SMILES string of the molecule is COc1cc(C2/C(=C(\O)c3ccncc3)C(=O)C(=O)N2c2nnc(C)s2)cc(Br)c1O. The van der Waals surface area contributed by atoms with Gasteiger partial charge in [0.2, 0.25) is 5.13 Å². The van der Waals surface area contributed by atoms with Gasteiger partial charge in [-0.3, -0.25) is 19.5 Å². The molecule has 1 aliphatic rings. The van der Waals surface area contributed by atoms with Crippen molar-refractivity contribution >= 4 is 49.8 Å². The van der Waals surface area contributed by atoms with E-state index >= 15 is 0 Å². The van der Waals surface area contributed by atoms with Crippen LogP contribution in [0, 0.1) is 6.92 Å². The fraction of sp³-hybridized carbons (Fsp3) is 0.150. The minimum Gasteiger partial charge on any atom is -0.507 e. The number of carbonyl (C=O) groups excluding carboxylic acids is 2. The molecule has 11 heteroatoms. The molecule has 2 N–H and O–H groups in total. The van der Waals surface area contributed by atoms with Gasteiger partial charge < -0.3 is 14.9 Å². The van der Waals surface area contributed by atoms with Crippen molar-refractivity contribution in [1.82, 2.24) is 15.2 Å². The molecule has 1 fully saturated rings. The second-order valence-corrected chi connectivity index (χ2v) is 8.58. The van der Waals surface area contributed by atoms with Gasteiger partial charge in [-0.25, -0.2) is 0 Å². The third-order valence-electron chi connectivity index (χ3n) is 4.71. The zero-order valence-electron chi connectivity index (χ0n) is 16.2. The standard InChI is InChI=1S/C20H15BrN4O5S/c1-9-23-24-20(31-9)25-15(11-7-12(21)17(27)13(8-11)30-2)14(18(28)19(25)29)16(26)10-3-5-22-6-4-10/h3-8,15,26-27H,1-2H3/b16-14+. The van der Waals surface area contributed by atoms with E-state index < -0.39 is 17.7 Å². The number of nitrogens with zero attached hydrogens (tertiary/aromatic N) is 4. The Bertz CT molecular complexity index is 1230. The first-order chi connectivity index (χ1) is 14.8. The lowest BCUT2D eigenvalue weighted by atomic mass is 9.95. The second kappa shape index (κ2) is 8.08. The minimum absolute atomic E-state index is 0.122. The largest absolute Gasteiger partial charge is 0.507 e. The lowest BCUT2D eigenvalue weighted by Crippen LogP contribution is -2.29. The fourth-order valence-electron chi connectivity index (χ4n) is 3.30. The number of rotatable bonds is 4. The Hall–Kier alpha value is -3.31. The number of methoxy groups -OCH3 is 1. The highest BCUT2D eigenvalue weighted by atomic mass is 79.9. The van der Waals surface area contributed by atoms with Crippen LogP contribution in [0.2, 0.25) is 0 Å². The number of phenolic OH excluding ortho intramolecular Hbond substituents is 1. The lowest BCUT2D eigenvalue weighted by Gasteiger charge is -2.23. The number of benzene rings is 1. The molecule has 158 valence electrons. The second-order valence-electron chi connectivity index (χ2n) is 6.56. The summed E-state index contributed by atoms with van der Waals surface area (Å²) in [5.74, 6) is -2.07. The first-order valence-electron chi connectivity index (χ1n) is 8.91. The molecular formula is C20H15BrN4O5S. The lowest BCUT2D eigenvalue weighted by molar-refractivity contribution is -0.132. The Labute approximate surface area is 188 Å². The van der Waals surface area contributed by atoms with E-state index in [4.69, 9.17) is 4.74 Å². The molecule has 0 aliphatic carbocycles. The number of pyridine rings is 1. The molecule has 0 bridgehead atoms. The van der Waals surface area contributed by atoms with Gasteiger partial charge in [-0.15, -0.1) is 10.2 Å². The number of hydrogen-bond acceptors (Lipinski definition) is 9. The Balaban J connectivity index is 2.00. The number of Topliss-reactive ketones (excluding diaryl/α,β-unsaturated/α-hetero) is 1. The number of hydrogen-bond donors (Lipinski definition) is 2. The van der Waals surface area contributed by atoms with Crippen LogP contribution in [0.3, 0.4) is 0 Å². The van der Waals surface area contributed by atoms with E-state index in [-0.39, 0.29) is 28.0 Å². The number of anilines is 1. The molecule has 3 aromatic rings. The molecular weight excluding hydrogens is 488 g/mol. The van der Waals surface area contributed by atoms with E-state index in [1.165, 1.54) is 42.6 Å². The highest BCUT2D eigenvalue weighted by Gasteiger charge is 2.48. The van der Waals surface area contributed by atoms with Crippen molar-refractivity contribution in [3.63, 3.8) is 0 Å². The molecule has 4 rings (SSSR count). The maximum Gasteiger partial charge on any atom is 0.301 e. The molecule has 0 spiro atoms. The zero-order valence-corrected chi connectivity index (χ0v) is 18.6. The summed E-state index contributed by atoms with van der Waals surface area (Å²) in [6, 6.07) is 5.09. The zero-order chi connectivity index (χ0) is 22.3. The summed E-state index contributed by atoms with van der Waals surface area (Å²) in [5.41, 5.74) is 0.629. The summed E-state index contributed by atoms with van der Waals surface area (Å²) in [7, 11) is 1.38. The molecule has 1 unspecified atom stereocenters. The van der Waals surface area contributed by atoms with Crippen LogP contribution in [0.25, 0.3) is 5.76 Å². The normalized spacial score (nSPS) is 17.9. The topological polar surface area (TPSA) is 126 Å². The van der Waals surface area contributed by atoms with E-state index in [1.807, 2.05) is 0 Å². The number of ketones is 1. The Morgan fingerprint density at radius 3 is 2.55 bits per heavy atom. The number of aliphatic hydroxyl groups is 1. The predicted molar refractivity (Wildman–Crippen MR) is 116 cm³/mol. The predicted octanol–water partition coefficient (Wildman–Crippen LogP) is 3.34. The summed E-state index contributed by atoms with van der Waals surface area (Å²) >= 11 is 4.41. The molecule has 0 saturated carbocycles. The van der Waals surface area contributed by atoms with Gasteiger partial charge in [0.05, 0.1) is 23.2 Å². The number of aromatic nitrogens is 3. The summed E-state index contributed by atoms with van der Waals surface area (Å²) in [6.07, 6.45) is 2.93. The minimum atomic E-state index is -1.02.